The number of rotatable bonds is 3. The van der Waals surface area contributed by atoms with Crippen LogP contribution in [0.5, 0.6) is 0 Å². The highest BCUT2D eigenvalue weighted by Gasteiger charge is 2.29. The summed E-state index contributed by atoms with van der Waals surface area (Å²) in [4.78, 5) is 8.30. The second-order valence-corrected chi connectivity index (χ2v) is 5.41. The molecule has 1 aromatic carbocycles. The lowest BCUT2D eigenvalue weighted by Crippen LogP contribution is -2.37. The van der Waals surface area contributed by atoms with E-state index < -0.39 is 11.7 Å². The second kappa shape index (κ2) is 10.2. The Balaban J connectivity index is 0.00000364. The standard InChI is InChI=1S/C18H19F3N4O.HI/c1-12-13(2)26-16(25-12)11-24-17(22-3)23-10-4-5-14-6-8-15(9-7-14)18(19,20)21;/h6-9H,10-11H2,1-3H3,(H2,22,23,24);1H. The maximum Gasteiger partial charge on any atom is 0.416 e. The first-order chi connectivity index (χ1) is 12.3. The number of nitrogens with zero attached hydrogens (tertiary/aromatic N) is 2. The fraction of sp³-hybridized carbons (Fsp3) is 0.333. The SMILES string of the molecule is CN=C(NCC#Cc1ccc(C(F)(F)F)cc1)NCc1nc(C)c(C)o1.I. The summed E-state index contributed by atoms with van der Waals surface area (Å²) in [5.74, 6) is 7.47. The largest absolute Gasteiger partial charge is 0.444 e. The van der Waals surface area contributed by atoms with E-state index in [2.05, 4.69) is 32.5 Å². The average molecular weight is 492 g/mol. The van der Waals surface area contributed by atoms with E-state index in [0.29, 0.717) is 24.0 Å². The highest BCUT2D eigenvalue weighted by Crippen LogP contribution is 2.28. The molecule has 1 aromatic heterocycles. The zero-order chi connectivity index (χ0) is 19.2. The van der Waals surface area contributed by atoms with Crippen LogP contribution < -0.4 is 10.6 Å². The molecule has 9 heteroatoms. The molecule has 0 radical (unpaired) electrons. The molecule has 0 atom stereocenters. The van der Waals surface area contributed by atoms with Crippen molar-refractivity contribution in [2.24, 2.45) is 4.99 Å². The number of oxazole rings is 1. The molecule has 146 valence electrons. The lowest BCUT2D eigenvalue weighted by Gasteiger charge is -2.07. The van der Waals surface area contributed by atoms with Gasteiger partial charge in [0.25, 0.3) is 0 Å². The number of halogens is 4. The van der Waals surface area contributed by atoms with Crippen LogP contribution in [0.1, 0.15) is 28.5 Å². The fourth-order valence-corrected chi connectivity index (χ4v) is 2.01. The van der Waals surface area contributed by atoms with Crippen molar-refractivity contribution >= 4 is 29.9 Å². The minimum atomic E-state index is -4.34. The quantitative estimate of drug-likeness (QED) is 0.298. The van der Waals surface area contributed by atoms with Gasteiger partial charge in [-0.05, 0) is 38.1 Å². The van der Waals surface area contributed by atoms with Crippen molar-refractivity contribution in [3.8, 4) is 11.8 Å². The topological polar surface area (TPSA) is 62.5 Å². The van der Waals surface area contributed by atoms with Crippen molar-refractivity contribution < 1.29 is 17.6 Å². The molecule has 0 saturated carbocycles. The summed E-state index contributed by atoms with van der Waals surface area (Å²) < 4.78 is 42.9. The van der Waals surface area contributed by atoms with Crippen LogP contribution in [0.15, 0.2) is 33.7 Å². The highest BCUT2D eigenvalue weighted by atomic mass is 127. The molecule has 1 heterocycles. The molecule has 2 aromatic rings. The number of nitrogens with one attached hydrogen (secondary N) is 2. The molecule has 0 bridgehead atoms. The zero-order valence-corrected chi connectivity index (χ0v) is 17.4. The number of aliphatic imine (C=N–C) groups is 1. The molecular formula is C18H20F3IN4O. The van der Waals surface area contributed by atoms with E-state index in [1.54, 1.807) is 7.05 Å². The zero-order valence-electron chi connectivity index (χ0n) is 15.1. The Hall–Kier alpha value is -2.22. The van der Waals surface area contributed by atoms with Gasteiger partial charge >= 0.3 is 6.18 Å². The summed E-state index contributed by atoms with van der Waals surface area (Å²) >= 11 is 0. The van der Waals surface area contributed by atoms with E-state index in [1.807, 2.05) is 13.8 Å². The number of alkyl halides is 3. The molecule has 0 amide bonds. The van der Waals surface area contributed by atoms with Gasteiger partial charge in [0.15, 0.2) is 5.96 Å². The van der Waals surface area contributed by atoms with Gasteiger partial charge in [-0.15, -0.1) is 24.0 Å². The highest BCUT2D eigenvalue weighted by molar-refractivity contribution is 14.0. The van der Waals surface area contributed by atoms with Gasteiger partial charge in [-0.2, -0.15) is 13.2 Å². The number of benzene rings is 1. The van der Waals surface area contributed by atoms with Crippen LogP contribution in [0.25, 0.3) is 0 Å². The van der Waals surface area contributed by atoms with E-state index in [1.165, 1.54) is 12.1 Å². The Morgan fingerprint density at radius 2 is 1.85 bits per heavy atom. The van der Waals surface area contributed by atoms with Crippen molar-refractivity contribution in [3.63, 3.8) is 0 Å². The fourth-order valence-electron chi connectivity index (χ4n) is 2.01. The maximum atomic E-state index is 12.5. The number of aryl methyl sites for hydroxylation is 2. The lowest BCUT2D eigenvalue weighted by atomic mass is 10.1. The van der Waals surface area contributed by atoms with Crippen molar-refractivity contribution in [1.82, 2.24) is 15.6 Å². The smallest absolute Gasteiger partial charge is 0.416 e. The van der Waals surface area contributed by atoms with Crippen molar-refractivity contribution in [1.29, 1.82) is 0 Å². The monoisotopic (exact) mass is 492 g/mol. The molecule has 0 aliphatic rings. The summed E-state index contributed by atoms with van der Waals surface area (Å²) in [7, 11) is 1.62. The van der Waals surface area contributed by atoms with Gasteiger partial charge in [0.05, 0.1) is 24.3 Å². The predicted octanol–water partition coefficient (Wildman–Crippen LogP) is 3.64. The molecule has 0 saturated heterocycles. The van der Waals surface area contributed by atoms with Gasteiger partial charge in [-0.1, -0.05) is 11.8 Å². The first kappa shape index (κ1) is 22.8. The van der Waals surface area contributed by atoms with E-state index in [0.717, 1.165) is 23.6 Å². The van der Waals surface area contributed by atoms with Crippen LogP contribution in [-0.2, 0) is 12.7 Å². The Morgan fingerprint density at radius 1 is 1.19 bits per heavy atom. The second-order valence-electron chi connectivity index (χ2n) is 5.41. The van der Waals surface area contributed by atoms with Gasteiger partial charge in [0, 0.05) is 12.6 Å². The molecule has 0 spiro atoms. The summed E-state index contributed by atoms with van der Waals surface area (Å²) in [6, 6.07) is 4.71. The Bertz CT molecular complexity index is 814. The summed E-state index contributed by atoms with van der Waals surface area (Å²) in [6.07, 6.45) is -4.34. The van der Waals surface area contributed by atoms with Gasteiger partial charge in [-0.25, -0.2) is 4.98 Å². The van der Waals surface area contributed by atoms with Gasteiger partial charge in [0.2, 0.25) is 5.89 Å². The maximum absolute atomic E-state index is 12.5. The molecule has 0 unspecified atom stereocenters. The minimum Gasteiger partial charge on any atom is -0.444 e. The van der Waals surface area contributed by atoms with Crippen LogP contribution >= 0.6 is 24.0 Å². The third-order valence-corrected chi connectivity index (χ3v) is 3.49. The molecular weight excluding hydrogens is 472 g/mol. The summed E-state index contributed by atoms with van der Waals surface area (Å²) in [6.45, 7) is 4.37. The number of guanidine groups is 1. The normalized spacial score (nSPS) is 11.3. The van der Waals surface area contributed by atoms with E-state index in [-0.39, 0.29) is 30.5 Å². The van der Waals surface area contributed by atoms with Crippen LogP contribution in [0, 0.1) is 25.7 Å². The molecule has 5 nitrogen and oxygen atoms in total. The number of aromatic nitrogens is 1. The minimum absolute atomic E-state index is 0. The third kappa shape index (κ3) is 7.13. The first-order valence-corrected chi connectivity index (χ1v) is 7.83. The Morgan fingerprint density at radius 3 is 2.37 bits per heavy atom. The molecule has 0 aliphatic heterocycles. The van der Waals surface area contributed by atoms with E-state index in [4.69, 9.17) is 4.42 Å². The molecule has 0 fully saturated rings. The van der Waals surface area contributed by atoms with Crippen LogP contribution in [0.2, 0.25) is 0 Å². The molecule has 0 aliphatic carbocycles. The summed E-state index contributed by atoms with van der Waals surface area (Å²) in [5.41, 5.74) is 0.656. The average Bonchev–Trinajstić information content (AvgIpc) is 2.92. The third-order valence-electron chi connectivity index (χ3n) is 3.49. The van der Waals surface area contributed by atoms with Crippen LogP contribution in [0.3, 0.4) is 0 Å². The van der Waals surface area contributed by atoms with Gasteiger partial charge in [-0.3, -0.25) is 4.99 Å². The molecule has 2 N–H and O–H groups in total. The van der Waals surface area contributed by atoms with Gasteiger partial charge < -0.3 is 15.1 Å². The molecule has 27 heavy (non-hydrogen) atoms. The van der Waals surface area contributed by atoms with Crippen molar-refractivity contribution in [2.45, 2.75) is 26.6 Å². The van der Waals surface area contributed by atoms with Crippen LogP contribution in [-0.4, -0.2) is 24.5 Å². The van der Waals surface area contributed by atoms with Crippen molar-refractivity contribution in [3.05, 3.63) is 52.7 Å². The lowest BCUT2D eigenvalue weighted by molar-refractivity contribution is -0.137. The van der Waals surface area contributed by atoms with E-state index >= 15 is 0 Å². The predicted molar refractivity (Wildman–Crippen MR) is 108 cm³/mol. The van der Waals surface area contributed by atoms with Crippen LogP contribution in [0.4, 0.5) is 13.2 Å². The number of hydrogen-bond donors (Lipinski definition) is 2. The summed E-state index contributed by atoms with van der Waals surface area (Å²) in [5, 5.41) is 6.02. The first-order valence-electron chi connectivity index (χ1n) is 7.83. The van der Waals surface area contributed by atoms with Crippen molar-refractivity contribution in [2.75, 3.05) is 13.6 Å². The number of hydrogen-bond acceptors (Lipinski definition) is 3. The Kier molecular flexibility index (Phi) is 8.62. The Labute approximate surface area is 172 Å². The molecule has 2 rings (SSSR count). The van der Waals surface area contributed by atoms with E-state index in [9.17, 15) is 13.2 Å². The van der Waals surface area contributed by atoms with Gasteiger partial charge in [0.1, 0.15) is 5.76 Å².